The average molecular weight is 394 g/mol. The molecule has 0 radical (unpaired) electrons. The Morgan fingerprint density at radius 3 is 2.37 bits per heavy atom. The van der Waals surface area contributed by atoms with Crippen LogP contribution in [0.5, 0.6) is 0 Å². The van der Waals surface area contributed by atoms with Gasteiger partial charge in [0.2, 0.25) is 5.91 Å². The molecule has 2 fully saturated rings. The first kappa shape index (κ1) is 20.6. The summed E-state index contributed by atoms with van der Waals surface area (Å²) in [4.78, 5) is 17.5. The van der Waals surface area contributed by atoms with Crippen LogP contribution in [0.3, 0.4) is 0 Å². The maximum absolute atomic E-state index is 13.2. The summed E-state index contributed by atoms with van der Waals surface area (Å²) in [7, 11) is 0. The van der Waals surface area contributed by atoms with Gasteiger partial charge in [-0.05, 0) is 31.5 Å². The lowest BCUT2D eigenvalue weighted by molar-refractivity contribution is -0.180. The van der Waals surface area contributed by atoms with E-state index in [0.29, 0.717) is 32.2 Å². The maximum Gasteiger partial charge on any atom is 0.243 e. The third kappa shape index (κ3) is 3.63. The zero-order chi connectivity index (χ0) is 19.8. The van der Waals surface area contributed by atoms with Gasteiger partial charge in [-0.15, -0.1) is 0 Å². The Labute approximate surface area is 167 Å². The van der Waals surface area contributed by atoms with Gasteiger partial charge >= 0.3 is 0 Å². The van der Waals surface area contributed by atoms with Crippen LogP contribution < -0.4 is 5.73 Å². The van der Waals surface area contributed by atoms with E-state index >= 15 is 0 Å². The number of nitrogens with two attached hydrogens (primary N) is 1. The van der Waals surface area contributed by atoms with Crippen LogP contribution in [0, 0.1) is 5.41 Å². The molecule has 1 amide bonds. The molecule has 0 spiro atoms. The topological polar surface area (TPSA) is 58.8 Å². The van der Waals surface area contributed by atoms with Gasteiger partial charge in [0.25, 0.3) is 0 Å². The van der Waals surface area contributed by atoms with Gasteiger partial charge in [0, 0.05) is 55.7 Å². The SMILES string of the molecule is CCOC1CC(N)(C(=O)N2CCN(C(C)c3ccc(Cl)cc3)CC2)C1(C)C. The first-order chi connectivity index (χ1) is 12.7. The van der Waals surface area contributed by atoms with E-state index in [-0.39, 0.29) is 17.4 Å². The minimum absolute atomic E-state index is 0.0580. The fourth-order valence-corrected chi connectivity index (χ4v) is 4.47. The Kier molecular flexibility index (Phi) is 5.88. The molecule has 1 aliphatic heterocycles. The lowest BCUT2D eigenvalue weighted by Crippen LogP contribution is -2.76. The number of ether oxygens (including phenoxy) is 1. The number of carbonyl (C=O) groups is 1. The number of halogens is 1. The second-order valence-electron chi connectivity index (χ2n) is 8.40. The molecule has 1 heterocycles. The smallest absolute Gasteiger partial charge is 0.243 e. The van der Waals surface area contributed by atoms with Crippen LogP contribution in [0.2, 0.25) is 5.02 Å². The van der Waals surface area contributed by atoms with Gasteiger partial charge in [0.05, 0.1) is 6.10 Å². The third-order valence-corrected chi connectivity index (χ3v) is 6.97. The summed E-state index contributed by atoms with van der Waals surface area (Å²) in [5, 5.41) is 0.753. The van der Waals surface area contributed by atoms with E-state index in [1.165, 1.54) is 5.56 Å². The Morgan fingerprint density at radius 1 is 1.26 bits per heavy atom. The van der Waals surface area contributed by atoms with Crippen LogP contribution in [-0.2, 0) is 9.53 Å². The molecular formula is C21H32ClN3O2. The van der Waals surface area contributed by atoms with E-state index in [9.17, 15) is 4.79 Å². The van der Waals surface area contributed by atoms with Crippen molar-refractivity contribution < 1.29 is 9.53 Å². The van der Waals surface area contributed by atoms with Crippen LogP contribution in [-0.4, -0.2) is 60.1 Å². The fraction of sp³-hybridized carbons (Fsp3) is 0.667. The molecule has 1 aromatic carbocycles. The molecule has 6 heteroatoms. The zero-order valence-corrected chi connectivity index (χ0v) is 17.6. The summed E-state index contributed by atoms with van der Waals surface area (Å²) in [5.74, 6) is 0.0715. The number of piperazine rings is 1. The number of carbonyl (C=O) groups excluding carboxylic acids is 1. The quantitative estimate of drug-likeness (QED) is 0.835. The van der Waals surface area contributed by atoms with Gasteiger partial charge in [-0.2, -0.15) is 0 Å². The summed E-state index contributed by atoms with van der Waals surface area (Å²) in [6, 6.07) is 8.31. The predicted octanol–water partition coefficient (Wildman–Crippen LogP) is 3.08. The summed E-state index contributed by atoms with van der Waals surface area (Å²) in [6.07, 6.45) is 0.663. The van der Waals surface area contributed by atoms with Gasteiger partial charge in [0.1, 0.15) is 5.54 Å². The normalized spacial score (nSPS) is 29.3. The Morgan fingerprint density at radius 2 is 1.85 bits per heavy atom. The van der Waals surface area contributed by atoms with Crippen LogP contribution in [0.15, 0.2) is 24.3 Å². The van der Waals surface area contributed by atoms with E-state index in [0.717, 1.165) is 18.1 Å². The predicted molar refractivity (Wildman–Crippen MR) is 109 cm³/mol. The second-order valence-corrected chi connectivity index (χ2v) is 8.83. The van der Waals surface area contributed by atoms with Crippen molar-refractivity contribution >= 4 is 17.5 Å². The summed E-state index contributed by atoms with van der Waals surface area (Å²) in [6.45, 7) is 12.1. The van der Waals surface area contributed by atoms with E-state index < -0.39 is 5.54 Å². The van der Waals surface area contributed by atoms with Crippen LogP contribution >= 0.6 is 11.6 Å². The standard InChI is InChI=1S/C21H32ClN3O2/c1-5-27-18-14-21(23,20(18,3)4)19(26)25-12-10-24(11-13-25)15(2)16-6-8-17(22)9-7-16/h6-9,15,18H,5,10-14,23H2,1-4H3. The molecule has 1 saturated heterocycles. The average Bonchev–Trinajstić information content (AvgIpc) is 2.67. The van der Waals surface area contributed by atoms with Crippen molar-refractivity contribution in [1.82, 2.24) is 9.80 Å². The first-order valence-electron chi connectivity index (χ1n) is 9.90. The van der Waals surface area contributed by atoms with Crippen molar-refractivity contribution in [3.05, 3.63) is 34.9 Å². The molecule has 3 unspecified atom stereocenters. The Balaban J connectivity index is 1.59. The number of amides is 1. The highest BCUT2D eigenvalue weighted by atomic mass is 35.5. The molecule has 27 heavy (non-hydrogen) atoms. The zero-order valence-electron chi connectivity index (χ0n) is 16.9. The molecule has 3 rings (SSSR count). The van der Waals surface area contributed by atoms with E-state index in [4.69, 9.17) is 22.1 Å². The molecular weight excluding hydrogens is 362 g/mol. The number of hydrogen-bond donors (Lipinski definition) is 1. The Hall–Kier alpha value is -1.14. The minimum Gasteiger partial charge on any atom is -0.378 e. The van der Waals surface area contributed by atoms with Crippen LogP contribution in [0.4, 0.5) is 0 Å². The molecule has 1 saturated carbocycles. The molecule has 0 bridgehead atoms. The van der Waals surface area contributed by atoms with Gasteiger partial charge in [-0.3, -0.25) is 9.69 Å². The highest BCUT2D eigenvalue weighted by molar-refractivity contribution is 6.30. The van der Waals surface area contributed by atoms with Crippen molar-refractivity contribution in [3.63, 3.8) is 0 Å². The molecule has 5 nitrogen and oxygen atoms in total. The largest absolute Gasteiger partial charge is 0.378 e. The van der Waals surface area contributed by atoms with Crippen LogP contribution in [0.25, 0.3) is 0 Å². The highest BCUT2D eigenvalue weighted by Crippen LogP contribution is 2.50. The lowest BCUT2D eigenvalue weighted by Gasteiger charge is -2.59. The van der Waals surface area contributed by atoms with Gasteiger partial charge in [-0.25, -0.2) is 0 Å². The fourth-order valence-electron chi connectivity index (χ4n) is 4.34. The van der Waals surface area contributed by atoms with Crippen molar-refractivity contribution in [2.45, 2.75) is 51.8 Å². The van der Waals surface area contributed by atoms with Crippen molar-refractivity contribution in [1.29, 1.82) is 0 Å². The number of benzene rings is 1. The minimum atomic E-state index is -0.823. The van der Waals surface area contributed by atoms with Crippen molar-refractivity contribution in [2.24, 2.45) is 11.1 Å². The lowest BCUT2D eigenvalue weighted by atomic mass is 9.54. The molecule has 3 atom stereocenters. The molecule has 150 valence electrons. The monoisotopic (exact) mass is 393 g/mol. The third-order valence-electron chi connectivity index (χ3n) is 6.71. The van der Waals surface area contributed by atoms with E-state index in [1.54, 1.807) is 0 Å². The molecule has 2 aliphatic rings. The Bertz CT molecular complexity index is 671. The summed E-state index contributed by atoms with van der Waals surface area (Å²) >= 11 is 5.99. The second kappa shape index (κ2) is 7.70. The summed E-state index contributed by atoms with van der Waals surface area (Å²) in [5.41, 5.74) is 6.66. The maximum atomic E-state index is 13.2. The highest BCUT2D eigenvalue weighted by Gasteiger charge is 2.63. The number of rotatable bonds is 5. The summed E-state index contributed by atoms with van der Waals surface area (Å²) < 4.78 is 5.76. The van der Waals surface area contributed by atoms with Crippen molar-refractivity contribution in [3.8, 4) is 0 Å². The molecule has 2 N–H and O–H groups in total. The van der Waals surface area contributed by atoms with E-state index in [1.807, 2.05) is 37.8 Å². The van der Waals surface area contributed by atoms with Crippen molar-refractivity contribution in [2.75, 3.05) is 32.8 Å². The first-order valence-corrected chi connectivity index (χ1v) is 10.3. The van der Waals surface area contributed by atoms with Gasteiger partial charge < -0.3 is 15.4 Å². The van der Waals surface area contributed by atoms with Gasteiger partial charge in [0.15, 0.2) is 0 Å². The molecule has 1 aliphatic carbocycles. The molecule has 1 aromatic rings. The number of nitrogens with zero attached hydrogens (tertiary/aromatic N) is 2. The molecule has 0 aromatic heterocycles. The van der Waals surface area contributed by atoms with E-state index in [2.05, 4.69) is 24.0 Å². The van der Waals surface area contributed by atoms with Gasteiger partial charge in [-0.1, -0.05) is 37.6 Å². The number of hydrogen-bond acceptors (Lipinski definition) is 4. The van der Waals surface area contributed by atoms with Crippen LogP contribution in [0.1, 0.15) is 45.7 Å².